The van der Waals surface area contributed by atoms with Gasteiger partial charge >= 0.3 is 0 Å². The minimum Gasteiger partial charge on any atom is -0.370 e. The molecule has 0 radical (unpaired) electrons. The molecule has 24 nitrogen and oxygen atoms in total. The maximum atomic E-state index is 13.9. The van der Waals surface area contributed by atoms with Crippen LogP contribution in [-0.4, -0.2) is 150 Å². The first kappa shape index (κ1) is 53.5. The molecule has 0 saturated carbocycles. The second-order valence-corrected chi connectivity index (χ2v) is 16.6. The number of aliphatic imine (C=N–C) groups is 1. The molecule has 2 fully saturated rings. The largest absolute Gasteiger partial charge is 0.370 e. The Labute approximate surface area is 383 Å². The second-order valence-electron chi connectivity index (χ2n) is 16.6. The molecule has 66 heavy (non-hydrogen) atoms. The van der Waals surface area contributed by atoms with E-state index >= 15 is 0 Å². The van der Waals surface area contributed by atoms with Gasteiger partial charge in [-0.2, -0.15) is 0 Å². The van der Waals surface area contributed by atoms with Gasteiger partial charge in [-0.15, -0.1) is 0 Å². The van der Waals surface area contributed by atoms with E-state index in [-0.39, 0.29) is 96.0 Å². The molecule has 10 amide bonds. The van der Waals surface area contributed by atoms with E-state index in [2.05, 4.69) is 36.9 Å². The van der Waals surface area contributed by atoms with E-state index in [1.54, 1.807) is 30.3 Å². The van der Waals surface area contributed by atoms with Crippen molar-refractivity contribution >= 4 is 65.0 Å². The zero-order valence-corrected chi connectivity index (χ0v) is 37.6. The van der Waals surface area contributed by atoms with E-state index in [0.29, 0.717) is 12.8 Å². The molecule has 364 valence electrons. The standard InChI is InChI=1S/C42H66N14O10/c1-24(2)19-29(39(64)51-26(11-6-16-48-42(46)47)38(63)53-28(36(45)61)20-25-9-4-3-5-10-25)54-41(66)31-13-8-18-56(31)35(60)23-50-37(62)27(14-15-32(44)57)52-40(65)30-12-7-17-55(30)34(59)22-49-33(58)21-43/h3-5,9-10,24,26-31H,6-8,11-23,43H2,1-2H3,(H2,44,57)(H2,45,61)(H,49,58)(H,50,62)(H,51,64)(H,52,65)(H,53,63)(H,54,66)(H4,46,47,48)/t26-,27-,28-,29-,30-,31-/m0/s1. The monoisotopic (exact) mass is 927 g/mol. The lowest BCUT2D eigenvalue weighted by Gasteiger charge is -2.29. The van der Waals surface area contributed by atoms with Gasteiger partial charge in [0.15, 0.2) is 5.96 Å². The third kappa shape index (κ3) is 17.6. The Morgan fingerprint density at radius 3 is 1.74 bits per heavy atom. The van der Waals surface area contributed by atoms with Crippen molar-refractivity contribution in [2.45, 2.75) is 114 Å². The molecular formula is C42H66N14O10. The Morgan fingerprint density at radius 1 is 0.682 bits per heavy atom. The first-order valence-corrected chi connectivity index (χ1v) is 22.0. The van der Waals surface area contributed by atoms with Gasteiger partial charge < -0.3 is 70.4 Å². The van der Waals surface area contributed by atoms with Crippen molar-refractivity contribution in [1.82, 2.24) is 41.7 Å². The Morgan fingerprint density at radius 2 is 1.21 bits per heavy atom. The van der Waals surface area contributed by atoms with Gasteiger partial charge in [-0.1, -0.05) is 44.2 Å². The molecule has 0 unspecified atom stereocenters. The van der Waals surface area contributed by atoms with E-state index in [0.717, 1.165) is 5.56 Å². The number of benzene rings is 1. The number of hydrogen-bond acceptors (Lipinski definition) is 12. The summed E-state index contributed by atoms with van der Waals surface area (Å²) in [6, 6.07) is 2.08. The van der Waals surface area contributed by atoms with Crippen molar-refractivity contribution in [3.63, 3.8) is 0 Å². The quantitative estimate of drug-likeness (QED) is 0.0236. The molecule has 2 heterocycles. The molecule has 1 aromatic carbocycles. The van der Waals surface area contributed by atoms with Crippen LogP contribution in [0.2, 0.25) is 0 Å². The van der Waals surface area contributed by atoms with Crippen LogP contribution in [0.3, 0.4) is 0 Å². The molecule has 0 bridgehead atoms. The summed E-state index contributed by atoms with van der Waals surface area (Å²) in [6.07, 6.45) is 1.42. The van der Waals surface area contributed by atoms with Crippen LogP contribution in [0.5, 0.6) is 0 Å². The molecule has 0 spiro atoms. The van der Waals surface area contributed by atoms with Gasteiger partial charge in [-0.05, 0) is 62.8 Å². The van der Waals surface area contributed by atoms with Crippen LogP contribution < -0.4 is 60.6 Å². The van der Waals surface area contributed by atoms with Gasteiger partial charge in [0.05, 0.1) is 19.6 Å². The Kier molecular flexibility index (Phi) is 21.7. The van der Waals surface area contributed by atoms with E-state index in [1.807, 2.05) is 13.8 Å². The maximum absolute atomic E-state index is 13.9. The van der Waals surface area contributed by atoms with Crippen LogP contribution >= 0.6 is 0 Å². The predicted molar refractivity (Wildman–Crippen MR) is 239 cm³/mol. The molecule has 2 saturated heterocycles. The van der Waals surface area contributed by atoms with Gasteiger partial charge in [-0.3, -0.25) is 52.9 Å². The maximum Gasteiger partial charge on any atom is 0.243 e. The van der Waals surface area contributed by atoms with Gasteiger partial charge in [0.25, 0.3) is 0 Å². The molecule has 24 heteroatoms. The number of nitrogens with one attached hydrogen (secondary N) is 6. The molecule has 16 N–H and O–H groups in total. The van der Waals surface area contributed by atoms with Crippen molar-refractivity contribution in [1.29, 1.82) is 0 Å². The number of hydrogen-bond donors (Lipinski definition) is 11. The molecule has 0 aromatic heterocycles. The summed E-state index contributed by atoms with van der Waals surface area (Å²) in [5, 5.41) is 15.5. The Balaban J connectivity index is 1.69. The van der Waals surface area contributed by atoms with Crippen LogP contribution in [0, 0.1) is 5.92 Å². The molecule has 3 rings (SSSR count). The average molecular weight is 927 g/mol. The fraction of sp³-hybridized carbons (Fsp3) is 0.595. The molecule has 2 aliphatic heterocycles. The van der Waals surface area contributed by atoms with Crippen molar-refractivity contribution < 1.29 is 47.9 Å². The summed E-state index contributed by atoms with van der Waals surface area (Å²) >= 11 is 0. The van der Waals surface area contributed by atoms with Crippen LogP contribution in [0.4, 0.5) is 0 Å². The zero-order chi connectivity index (χ0) is 48.9. The van der Waals surface area contributed by atoms with Crippen molar-refractivity contribution in [2.24, 2.45) is 39.6 Å². The lowest BCUT2D eigenvalue weighted by Crippen LogP contribution is -2.58. The number of nitrogens with zero attached hydrogens (tertiary/aromatic N) is 3. The minimum absolute atomic E-state index is 0.0480. The first-order chi connectivity index (χ1) is 31.3. The highest BCUT2D eigenvalue weighted by molar-refractivity contribution is 5.97. The van der Waals surface area contributed by atoms with Crippen LogP contribution in [-0.2, 0) is 54.4 Å². The summed E-state index contributed by atoms with van der Waals surface area (Å²) in [5.41, 5.74) is 27.9. The summed E-state index contributed by atoms with van der Waals surface area (Å²) in [6.45, 7) is 2.86. The van der Waals surface area contributed by atoms with Crippen LogP contribution in [0.25, 0.3) is 0 Å². The van der Waals surface area contributed by atoms with E-state index in [9.17, 15) is 47.9 Å². The summed E-state index contributed by atoms with van der Waals surface area (Å²) in [4.78, 5) is 137. The average Bonchev–Trinajstić information content (AvgIpc) is 3.98. The van der Waals surface area contributed by atoms with E-state index in [1.165, 1.54) is 9.80 Å². The van der Waals surface area contributed by atoms with Gasteiger partial charge in [0.1, 0.15) is 36.3 Å². The lowest BCUT2D eigenvalue weighted by atomic mass is 10.0. The van der Waals surface area contributed by atoms with Crippen LogP contribution in [0.1, 0.15) is 77.2 Å². The third-order valence-corrected chi connectivity index (χ3v) is 11.0. The highest BCUT2D eigenvalue weighted by atomic mass is 16.2. The topological polar surface area (TPSA) is 392 Å². The smallest absolute Gasteiger partial charge is 0.243 e. The summed E-state index contributed by atoms with van der Waals surface area (Å²) in [5.74, 6) is -7.12. The number of carbonyl (C=O) groups is 10. The Hall–Kier alpha value is -6.85. The first-order valence-electron chi connectivity index (χ1n) is 22.0. The molecule has 1 aromatic rings. The number of likely N-dealkylation sites (tertiary alicyclic amines) is 2. The number of amides is 10. The lowest BCUT2D eigenvalue weighted by molar-refractivity contribution is -0.141. The van der Waals surface area contributed by atoms with Crippen molar-refractivity contribution in [3.8, 4) is 0 Å². The third-order valence-electron chi connectivity index (χ3n) is 11.0. The molecule has 6 atom stereocenters. The van der Waals surface area contributed by atoms with Gasteiger partial charge in [-0.25, -0.2) is 0 Å². The van der Waals surface area contributed by atoms with E-state index in [4.69, 9.17) is 28.7 Å². The summed E-state index contributed by atoms with van der Waals surface area (Å²) < 4.78 is 0. The molecule has 2 aliphatic rings. The highest BCUT2D eigenvalue weighted by Gasteiger charge is 2.39. The number of rotatable bonds is 26. The van der Waals surface area contributed by atoms with Crippen LogP contribution in [0.15, 0.2) is 35.3 Å². The number of guanidine groups is 1. The van der Waals surface area contributed by atoms with Crippen molar-refractivity contribution in [3.05, 3.63) is 35.9 Å². The SMILES string of the molecule is CC(C)C[C@H](NC(=O)[C@@H]1CCCN1C(=O)CNC(=O)[C@H](CCC(N)=O)NC(=O)[C@@H]1CCCN1C(=O)CNC(=O)CN)C(=O)N[C@@H](CCCN=C(N)N)C(=O)N[C@@H](Cc1ccccc1)C(N)=O. The van der Waals surface area contributed by atoms with E-state index < -0.39 is 102 Å². The zero-order valence-electron chi connectivity index (χ0n) is 37.6. The number of primary amides is 2. The predicted octanol–water partition coefficient (Wildman–Crippen LogP) is -4.81. The highest BCUT2D eigenvalue weighted by Crippen LogP contribution is 2.20. The number of nitrogens with two attached hydrogens (primary N) is 5. The molecular weight excluding hydrogens is 861 g/mol. The van der Waals surface area contributed by atoms with Crippen molar-refractivity contribution in [2.75, 3.05) is 39.3 Å². The fourth-order valence-corrected chi connectivity index (χ4v) is 7.59. The Bertz CT molecular complexity index is 1930. The minimum atomic E-state index is -1.33. The summed E-state index contributed by atoms with van der Waals surface area (Å²) in [7, 11) is 0. The molecule has 0 aliphatic carbocycles. The fourth-order valence-electron chi connectivity index (χ4n) is 7.59. The normalized spacial score (nSPS) is 17.3. The van der Waals surface area contributed by atoms with Gasteiger partial charge in [0.2, 0.25) is 59.1 Å². The second kappa shape index (κ2) is 26.8. The van der Waals surface area contributed by atoms with Gasteiger partial charge in [0, 0.05) is 32.5 Å². The number of carbonyl (C=O) groups excluding carboxylic acids is 10.